The predicted octanol–water partition coefficient (Wildman–Crippen LogP) is 16.2. The molecule has 2 heteroatoms. The summed E-state index contributed by atoms with van der Waals surface area (Å²) in [5, 5.41) is 6.19. The van der Waals surface area contributed by atoms with E-state index in [2.05, 4.69) is 242 Å². The van der Waals surface area contributed by atoms with E-state index in [9.17, 15) is 0 Å². The molecule has 0 bridgehead atoms. The number of pyridine rings is 1. The molecule has 0 saturated heterocycles. The highest BCUT2D eigenvalue weighted by molar-refractivity contribution is 6.20. The van der Waals surface area contributed by atoms with Crippen molar-refractivity contribution in [2.24, 2.45) is 0 Å². The van der Waals surface area contributed by atoms with E-state index in [1.54, 1.807) is 0 Å². The number of fused-ring (bicyclic) bond motifs is 10. The number of hydrogen-bond acceptors (Lipinski definition) is 1. The van der Waals surface area contributed by atoms with Gasteiger partial charge in [-0.2, -0.15) is 0 Å². The van der Waals surface area contributed by atoms with E-state index < -0.39 is 0 Å². The fraction of sp³-hybridized carbons (Fsp3) is 0.0508. The van der Waals surface area contributed by atoms with Gasteiger partial charge in [0.05, 0.1) is 16.7 Å². The maximum Gasteiger partial charge on any atom is 0.0626 e. The van der Waals surface area contributed by atoms with Gasteiger partial charge in [0.25, 0.3) is 0 Å². The Balaban J connectivity index is 1.12. The van der Waals surface area contributed by atoms with E-state index in [-0.39, 0.29) is 5.41 Å². The van der Waals surface area contributed by atoms with Gasteiger partial charge in [0.1, 0.15) is 0 Å². The molecular weight excluding hydrogens is 737 g/mol. The molecule has 0 radical (unpaired) electrons. The first kappa shape index (κ1) is 35.3. The summed E-state index contributed by atoms with van der Waals surface area (Å²) in [5.74, 6) is 0. The molecule has 11 aromatic rings. The van der Waals surface area contributed by atoms with Gasteiger partial charge in [-0.1, -0.05) is 190 Å². The normalized spacial score (nSPS) is 12.9. The molecule has 1 aliphatic carbocycles. The highest BCUT2D eigenvalue weighted by atomic mass is 15.1. The van der Waals surface area contributed by atoms with Crippen LogP contribution in [-0.2, 0) is 5.41 Å². The second kappa shape index (κ2) is 13.7. The topological polar surface area (TPSA) is 7.65 Å². The quantitative estimate of drug-likeness (QED) is 0.153. The van der Waals surface area contributed by atoms with Crippen molar-refractivity contribution in [2.45, 2.75) is 19.3 Å². The van der Waals surface area contributed by atoms with Crippen molar-refractivity contribution in [2.75, 3.05) is 4.90 Å². The lowest BCUT2D eigenvalue weighted by Crippen LogP contribution is -2.16. The minimum absolute atomic E-state index is 0.117. The predicted molar refractivity (Wildman–Crippen MR) is 258 cm³/mol. The Kier molecular flexibility index (Phi) is 7.92. The van der Waals surface area contributed by atoms with Gasteiger partial charge in [0, 0.05) is 44.4 Å². The Hall–Kier alpha value is -7.68. The molecule has 0 N–H and O–H groups in total. The summed E-state index contributed by atoms with van der Waals surface area (Å²) >= 11 is 0. The summed E-state index contributed by atoms with van der Waals surface area (Å²) in [6.07, 6.45) is 0. The zero-order valence-electron chi connectivity index (χ0n) is 34.2. The average molecular weight is 779 g/mol. The molecule has 2 heterocycles. The van der Waals surface area contributed by atoms with Crippen LogP contribution in [0.15, 0.2) is 218 Å². The van der Waals surface area contributed by atoms with Crippen molar-refractivity contribution in [1.29, 1.82) is 0 Å². The fourth-order valence-electron chi connectivity index (χ4n) is 10.3. The first-order chi connectivity index (χ1) is 30.0. The van der Waals surface area contributed by atoms with Crippen LogP contribution in [0.5, 0.6) is 0 Å². The fourth-order valence-corrected chi connectivity index (χ4v) is 10.3. The van der Waals surface area contributed by atoms with Crippen LogP contribution in [0.25, 0.3) is 82.6 Å². The van der Waals surface area contributed by atoms with Gasteiger partial charge < -0.3 is 9.30 Å². The lowest BCUT2D eigenvalue weighted by molar-refractivity contribution is 0.660. The first-order valence-corrected chi connectivity index (χ1v) is 21.3. The van der Waals surface area contributed by atoms with Crippen molar-refractivity contribution in [3.8, 4) is 44.6 Å². The van der Waals surface area contributed by atoms with E-state index in [1.165, 1.54) is 93.7 Å². The van der Waals surface area contributed by atoms with Crippen LogP contribution < -0.4 is 4.90 Å². The van der Waals surface area contributed by atoms with Crippen molar-refractivity contribution in [1.82, 2.24) is 4.40 Å². The van der Waals surface area contributed by atoms with Crippen LogP contribution in [0.4, 0.5) is 17.1 Å². The van der Waals surface area contributed by atoms with Crippen LogP contribution in [0.1, 0.15) is 25.0 Å². The number of benzene rings is 9. The monoisotopic (exact) mass is 778 g/mol. The molecule has 0 fully saturated rings. The van der Waals surface area contributed by atoms with E-state index in [1.807, 2.05) is 0 Å². The number of anilines is 3. The smallest absolute Gasteiger partial charge is 0.0626 e. The van der Waals surface area contributed by atoms with Crippen LogP contribution in [0.2, 0.25) is 0 Å². The van der Waals surface area contributed by atoms with E-state index in [4.69, 9.17) is 0 Å². The Bertz CT molecular complexity index is 3370. The number of aromatic nitrogens is 1. The SMILES string of the molecule is CC1(C)c2ccccc2-c2ccc(N(c3ccc(-c4c(-c5ccccc5)c5c6ccccc6c6ccccc6n5c4-c4ccccc4)cc3)c3ccc4ccccc4c3)cc21. The van der Waals surface area contributed by atoms with Crippen LogP contribution in [0, 0.1) is 0 Å². The van der Waals surface area contributed by atoms with Crippen molar-refractivity contribution < 1.29 is 0 Å². The third-order valence-corrected chi connectivity index (χ3v) is 13.1. The summed E-state index contributed by atoms with van der Waals surface area (Å²) in [7, 11) is 0. The van der Waals surface area contributed by atoms with Gasteiger partial charge >= 0.3 is 0 Å². The lowest BCUT2D eigenvalue weighted by Gasteiger charge is -2.28. The average Bonchev–Trinajstić information content (AvgIpc) is 3.80. The van der Waals surface area contributed by atoms with Gasteiger partial charge in [-0.3, -0.25) is 0 Å². The summed E-state index contributed by atoms with van der Waals surface area (Å²) in [5.41, 5.74) is 18.3. The Morgan fingerprint density at radius 2 is 0.934 bits per heavy atom. The molecule has 0 atom stereocenters. The number of para-hydroxylation sites is 1. The van der Waals surface area contributed by atoms with Gasteiger partial charge in [0.2, 0.25) is 0 Å². The number of rotatable bonds is 6. The molecule has 9 aromatic carbocycles. The maximum atomic E-state index is 2.53. The number of nitrogens with zero attached hydrogens (tertiary/aromatic N) is 2. The van der Waals surface area contributed by atoms with Gasteiger partial charge in [-0.15, -0.1) is 0 Å². The zero-order valence-corrected chi connectivity index (χ0v) is 34.2. The van der Waals surface area contributed by atoms with Crippen molar-refractivity contribution in [3.63, 3.8) is 0 Å². The molecule has 2 aromatic heterocycles. The van der Waals surface area contributed by atoms with Gasteiger partial charge in [-0.05, 0) is 97.6 Å². The molecule has 0 unspecified atom stereocenters. The van der Waals surface area contributed by atoms with Gasteiger partial charge in [-0.25, -0.2) is 0 Å². The standard InChI is InChI=1S/C59H42N2/c1-59(2)52-27-15-13-24-48(52)49-36-35-46(38-53(49)59)60(45-34-29-39-17-9-10-22-43(39)37-45)44-32-30-41(31-33-44)55-56(40-18-5-3-6-19-40)58-51-26-12-11-23-47(51)50-25-14-16-28-54(50)61(58)57(55)42-20-7-4-8-21-42/h3-38H,1-2H3. The third kappa shape index (κ3) is 5.42. The molecular formula is C59H42N2. The minimum Gasteiger partial charge on any atom is -0.310 e. The van der Waals surface area contributed by atoms with Crippen LogP contribution in [-0.4, -0.2) is 4.40 Å². The summed E-state index contributed by atoms with van der Waals surface area (Å²) < 4.78 is 2.53. The Morgan fingerprint density at radius 3 is 1.72 bits per heavy atom. The largest absolute Gasteiger partial charge is 0.310 e. The molecule has 0 aliphatic heterocycles. The molecule has 0 saturated carbocycles. The molecule has 288 valence electrons. The summed E-state index contributed by atoms with van der Waals surface area (Å²) in [6, 6.07) is 80.4. The Morgan fingerprint density at radius 1 is 0.377 bits per heavy atom. The third-order valence-electron chi connectivity index (χ3n) is 13.1. The lowest BCUT2D eigenvalue weighted by atomic mass is 9.82. The molecule has 0 spiro atoms. The van der Waals surface area contributed by atoms with E-state index >= 15 is 0 Å². The van der Waals surface area contributed by atoms with Gasteiger partial charge in [0.15, 0.2) is 0 Å². The summed E-state index contributed by atoms with van der Waals surface area (Å²) in [6.45, 7) is 4.72. The number of hydrogen-bond donors (Lipinski definition) is 0. The molecule has 1 aliphatic rings. The minimum atomic E-state index is -0.117. The van der Waals surface area contributed by atoms with E-state index in [0.717, 1.165) is 17.1 Å². The molecule has 2 nitrogen and oxygen atoms in total. The van der Waals surface area contributed by atoms with Crippen molar-refractivity contribution >= 4 is 55.0 Å². The molecule has 61 heavy (non-hydrogen) atoms. The summed E-state index contributed by atoms with van der Waals surface area (Å²) in [4.78, 5) is 2.43. The highest BCUT2D eigenvalue weighted by Gasteiger charge is 2.36. The highest BCUT2D eigenvalue weighted by Crippen LogP contribution is 2.52. The first-order valence-electron chi connectivity index (χ1n) is 21.3. The second-order valence-corrected chi connectivity index (χ2v) is 16.9. The van der Waals surface area contributed by atoms with Crippen molar-refractivity contribution in [3.05, 3.63) is 230 Å². The van der Waals surface area contributed by atoms with Crippen LogP contribution >= 0.6 is 0 Å². The zero-order chi connectivity index (χ0) is 40.7. The molecule has 0 amide bonds. The second-order valence-electron chi connectivity index (χ2n) is 16.9. The van der Waals surface area contributed by atoms with Crippen LogP contribution in [0.3, 0.4) is 0 Å². The maximum absolute atomic E-state index is 2.53. The van der Waals surface area contributed by atoms with E-state index in [0.29, 0.717) is 0 Å². The Labute approximate surface area is 356 Å². The molecule has 12 rings (SSSR count).